The average Bonchev–Trinajstić information content (AvgIpc) is 2.43. The molecule has 0 aliphatic heterocycles. The molecule has 1 N–H and O–H groups in total. The summed E-state index contributed by atoms with van der Waals surface area (Å²) in [5.41, 5.74) is 4.27. The van der Waals surface area contributed by atoms with E-state index in [0.29, 0.717) is 5.75 Å². The van der Waals surface area contributed by atoms with E-state index in [-0.39, 0.29) is 0 Å². The molecule has 0 aromatic heterocycles. The highest BCUT2D eigenvalue weighted by atomic mass is 79.9. The maximum atomic E-state index is 10.4. The Labute approximate surface area is 127 Å². The van der Waals surface area contributed by atoms with Crippen molar-refractivity contribution < 1.29 is 5.11 Å². The van der Waals surface area contributed by atoms with E-state index < -0.39 is 0 Å². The molecule has 1 nitrogen and oxygen atoms in total. The molecule has 3 rings (SSSR count). The highest BCUT2D eigenvalue weighted by Gasteiger charge is 2.13. The fourth-order valence-corrected chi connectivity index (χ4v) is 3.24. The third-order valence-electron chi connectivity index (χ3n) is 3.61. The van der Waals surface area contributed by atoms with Crippen LogP contribution in [0.25, 0.3) is 21.9 Å². The molecule has 0 amide bonds. The Hall–Kier alpha value is -1.80. The lowest BCUT2D eigenvalue weighted by atomic mass is 9.92. The Morgan fingerprint density at radius 2 is 1.70 bits per heavy atom. The van der Waals surface area contributed by atoms with Crippen molar-refractivity contribution in [3.8, 4) is 16.9 Å². The van der Waals surface area contributed by atoms with Gasteiger partial charge in [-0.1, -0.05) is 36.4 Å². The minimum atomic E-state index is 0.301. The Morgan fingerprint density at radius 1 is 0.950 bits per heavy atom. The highest BCUT2D eigenvalue weighted by Crippen LogP contribution is 2.41. The first-order valence-electron chi connectivity index (χ1n) is 6.56. The third-order valence-corrected chi connectivity index (χ3v) is 4.22. The number of benzene rings is 3. The number of aromatic hydroxyl groups is 1. The number of hydrogen-bond donors (Lipinski definition) is 1. The zero-order valence-electron chi connectivity index (χ0n) is 11.4. The molecule has 100 valence electrons. The van der Waals surface area contributed by atoms with Crippen LogP contribution < -0.4 is 0 Å². The molecule has 0 fully saturated rings. The molecule has 3 aromatic rings. The molecule has 0 bridgehead atoms. The molecule has 0 spiro atoms. The lowest BCUT2D eigenvalue weighted by Gasteiger charge is -2.14. The van der Waals surface area contributed by atoms with Gasteiger partial charge in [0.15, 0.2) is 0 Å². The lowest BCUT2D eigenvalue weighted by molar-refractivity contribution is 0.474. The number of phenols is 1. The van der Waals surface area contributed by atoms with E-state index in [1.165, 1.54) is 10.8 Å². The van der Waals surface area contributed by atoms with Crippen molar-refractivity contribution in [2.24, 2.45) is 0 Å². The van der Waals surface area contributed by atoms with Crippen LogP contribution in [0.4, 0.5) is 0 Å². The van der Waals surface area contributed by atoms with E-state index in [2.05, 4.69) is 47.1 Å². The van der Waals surface area contributed by atoms with Gasteiger partial charge >= 0.3 is 0 Å². The zero-order valence-corrected chi connectivity index (χ0v) is 13.0. The predicted molar refractivity (Wildman–Crippen MR) is 88.2 cm³/mol. The summed E-state index contributed by atoms with van der Waals surface area (Å²) in [6, 6.07) is 16.5. The van der Waals surface area contributed by atoms with Crippen LogP contribution in [-0.4, -0.2) is 5.11 Å². The predicted octanol–water partition coefficient (Wildman–Crippen LogP) is 5.59. The number of phenolic OH excluding ortho intramolecular Hbond substituents is 1. The van der Waals surface area contributed by atoms with Crippen LogP contribution in [0.5, 0.6) is 5.75 Å². The van der Waals surface area contributed by atoms with Gasteiger partial charge < -0.3 is 5.11 Å². The Morgan fingerprint density at radius 3 is 2.50 bits per heavy atom. The topological polar surface area (TPSA) is 20.2 Å². The van der Waals surface area contributed by atoms with E-state index >= 15 is 0 Å². The van der Waals surface area contributed by atoms with Crippen LogP contribution in [0.1, 0.15) is 11.1 Å². The first-order valence-corrected chi connectivity index (χ1v) is 7.35. The number of rotatable bonds is 1. The maximum absolute atomic E-state index is 10.4. The summed E-state index contributed by atoms with van der Waals surface area (Å²) in [5.74, 6) is 0.301. The van der Waals surface area contributed by atoms with Crippen LogP contribution in [0.3, 0.4) is 0 Å². The van der Waals surface area contributed by atoms with Crippen molar-refractivity contribution in [1.82, 2.24) is 0 Å². The molecule has 3 aromatic carbocycles. The van der Waals surface area contributed by atoms with E-state index in [1.807, 2.05) is 31.2 Å². The summed E-state index contributed by atoms with van der Waals surface area (Å²) in [6.45, 7) is 4.12. The van der Waals surface area contributed by atoms with Crippen molar-refractivity contribution >= 4 is 26.7 Å². The SMILES string of the molecule is Cc1cc(Br)c(O)c(-c2c(C)ccc3ccccc23)c1. The van der Waals surface area contributed by atoms with Gasteiger partial charge in [-0.3, -0.25) is 0 Å². The molecule has 20 heavy (non-hydrogen) atoms. The van der Waals surface area contributed by atoms with Crippen LogP contribution >= 0.6 is 15.9 Å². The number of halogens is 1. The fraction of sp³-hybridized carbons (Fsp3) is 0.111. The van der Waals surface area contributed by atoms with Gasteiger partial charge in [0.25, 0.3) is 0 Å². The second kappa shape index (κ2) is 4.95. The molecule has 0 radical (unpaired) electrons. The molecule has 0 aliphatic rings. The quantitative estimate of drug-likeness (QED) is 0.617. The van der Waals surface area contributed by atoms with E-state index in [4.69, 9.17) is 0 Å². The van der Waals surface area contributed by atoms with Gasteiger partial charge in [0, 0.05) is 5.56 Å². The standard InChI is InChI=1S/C18H15BrO/c1-11-9-15(18(20)16(19)10-11)17-12(2)7-8-13-5-3-4-6-14(13)17/h3-10,20H,1-2H3. The first kappa shape index (κ1) is 13.2. The number of hydrogen-bond acceptors (Lipinski definition) is 1. The Kier molecular flexibility index (Phi) is 3.27. The Balaban J connectivity index is 2.43. The van der Waals surface area contributed by atoms with Gasteiger partial charge in [0.2, 0.25) is 0 Å². The minimum absolute atomic E-state index is 0.301. The minimum Gasteiger partial charge on any atom is -0.506 e. The third kappa shape index (κ3) is 2.10. The van der Waals surface area contributed by atoms with Crippen molar-refractivity contribution in [3.63, 3.8) is 0 Å². The molecule has 0 saturated heterocycles. The normalized spacial score (nSPS) is 10.9. The molecular formula is C18H15BrO. The highest BCUT2D eigenvalue weighted by molar-refractivity contribution is 9.10. The number of fused-ring (bicyclic) bond motifs is 1. The van der Waals surface area contributed by atoms with Gasteiger partial charge in [-0.25, -0.2) is 0 Å². The summed E-state index contributed by atoms with van der Waals surface area (Å²) in [6.07, 6.45) is 0. The van der Waals surface area contributed by atoms with Crippen LogP contribution in [0, 0.1) is 13.8 Å². The molecule has 0 unspecified atom stereocenters. The summed E-state index contributed by atoms with van der Waals surface area (Å²) in [5, 5.41) is 12.8. The lowest BCUT2D eigenvalue weighted by Crippen LogP contribution is -1.89. The molecule has 0 aliphatic carbocycles. The van der Waals surface area contributed by atoms with Crippen molar-refractivity contribution in [2.45, 2.75) is 13.8 Å². The van der Waals surface area contributed by atoms with Gasteiger partial charge in [-0.15, -0.1) is 0 Å². The van der Waals surface area contributed by atoms with Gasteiger partial charge in [-0.2, -0.15) is 0 Å². The van der Waals surface area contributed by atoms with E-state index in [9.17, 15) is 5.11 Å². The molecule has 2 heteroatoms. The maximum Gasteiger partial charge on any atom is 0.137 e. The molecule has 0 atom stereocenters. The van der Waals surface area contributed by atoms with Crippen LogP contribution in [0.2, 0.25) is 0 Å². The number of aryl methyl sites for hydroxylation is 2. The van der Waals surface area contributed by atoms with Crippen molar-refractivity contribution in [2.75, 3.05) is 0 Å². The second-order valence-corrected chi connectivity index (χ2v) is 5.98. The smallest absolute Gasteiger partial charge is 0.137 e. The van der Waals surface area contributed by atoms with Gasteiger partial charge in [0.1, 0.15) is 5.75 Å². The fourth-order valence-electron chi connectivity index (χ4n) is 2.66. The van der Waals surface area contributed by atoms with Gasteiger partial charge in [0.05, 0.1) is 4.47 Å². The second-order valence-electron chi connectivity index (χ2n) is 5.12. The monoisotopic (exact) mass is 326 g/mol. The van der Waals surface area contributed by atoms with Crippen LogP contribution in [0.15, 0.2) is 53.0 Å². The molecule has 0 heterocycles. The van der Waals surface area contributed by atoms with Gasteiger partial charge in [-0.05, 0) is 69.4 Å². The summed E-state index contributed by atoms with van der Waals surface area (Å²) in [4.78, 5) is 0. The summed E-state index contributed by atoms with van der Waals surface area (Å²) in [7, 11) is 0. The summed E-state index contributed by atoms with van der Waals surface area (Å²) < 4.78 is 0.736. The van der Waals surface area contributed by atoms with E-state index in [0.717, 1.165) is 26.7 Å². The largest absolute Gasteiger partial charge is 0.506 e. The zero-order chi connectivity index (χ0) is 14.3. The first-order chi connectivity index (χ1) is 9.58. The molecular weight excluding hydrogens is 312 g/mol. The Bertz CT molecular complexity index is 806. The average molecular weight is 327 g/mol. The van der Waals surface area contributed by atoms with E-state index in [1.54, 1.807) is 0 Å². The van der Waals surface area contributed by atoms with Crippen molar-refractivity contribution in [1.29, 1.82) is 0 Å². The van der Waals surface area contributed by atoms with Crippen LogP contribution in [-0.2, 0) is 0 Å². The summed E-state index contributed by atoms with van der Waals surface area (Å²) >= 11 is 3.43. The molecule has 0 saturated carbocycles. The van der Waals surface area contributed by atoms with Crippen molar-refractivity contribution in [3.05, 3.63) is 64.1 Å².